The first kappa shape index (κ1) is 16.8. The molecular formula is C20H23NO5. The Labute approximate surface area is 153 Å². The van der Waals surface area contributed by atoms with Gasteiger partial charge in [-0.1, -0.05) is 6.07 Å². The van der Waals surface area contributed by atoms with Gasteiger partial charge in [-0.05, 0) is 37.1 Å². The zero-order chi connectivity index (χ0) is 17.9. The molecular weight excluding hydrogens is 334 g/mol. The fourth-order valence-electron chi connectivity index (χ4n) is 3.22. The molecule has 0 aliphatic carbocycles. The van der Waals surface area contributed by atoms with E-state index in [0.717, 1.165) is 40.7 Å². The van der Waals surface area contributed by atoms with Crippen LogP contribution in [0.15, 0.2) is 30.3 Å². The predicted molar refractivity (Wildman–Crippen MR) is 96.6 cm³/mol. The number of methoxy groups -OCH3 is 1. The van der Waals surface area contributed by atoms with E-state index in [1.54, 1.807) is 7.11 Å². The highest BCUT2D eigenvalue weighted by molar-refractivity contribution is 5.51. The highest BCUT2D eigenvalue weighted by Gasteiger charge is 2.18. The molecule has 6 nitrogen and oxygen atoms in total. The van der Waals surface area contributed by atoms with Crippen molar-refractivity contribution in [2.24, 2.45) is 0 Å². The average molecular weight is 357 g/mol. The van der Waals surface area contributed by atoms with Crippen LogP contribution in [0.25, 0.3) is 0 Å². The van der Waals surface area contributed by atoms with Gasteiger partial charge in [0.1, 0.15) is 19.0 Å². The third-order valence-electron chi connectivity index (χ3n) is 4.57. The van der Waals surface area contributed by atoms with Crippen molar-refractivity contribution in [3.05, 3.63) is 41.5 Å². The van der Waals surface area contributed by atoms with Crippen LogP contribution >= 0.6 is 0 Å². The highest BCUT2D eigenvalue weighted by atomic mass is 16.7. The molecule has 2 aromatic rings. The molecule has 0 spiro atoms. The summed E-state index contributed by atoms with van der Waals surface area (Å²) < 4.78 is 27.6. The van der Waals surface area contributed by atoms with Crippen molar-refractivity contribution in [1.29, 1.82) is 0 Å². The summed E-state index contributed by atoms with van der Waals surface area (Å²) in [6.07, 6.45) is 0.892. The van der Waals surface area contributed by atoms with Crippen LogP contribution < -0.4 is 29.0 Å². The molecule has 2 heterocycles. The molecule has 0 aromatic heterocycles. The van der Waals surface area contributed by atoms with Crippen molar-refractivity contribution in [3.63, 3.8) is 0 Å². The monoisotopic (exact) mass is 357 g/mol. The summed E-state index contributed by atoms with van der Waals surface area (Å²) in [4.78, 5) is 0. The summed E-state index contributed by atoms with van der Waals surface area (Å²) in [7, 11) is 1.67. The first-order valence-corrected chi connectivity index (χ1v) is 8.81. The molecule has 1 N–H and O–H groups in total. The third kappa shape index (κ3) is 3.51. The summed E-state index contributed by atoms with van der Waals surface area (Å²) in [5.74, 6) is 3.95. The second-order valence-corrected chi connectivity index (χ2v) is 6.48. The van der Waals surface area contributed by atoms with Gasteiger partial charge in [0, 0.05) is 24.2 Å². The Bertz CT molecular complexity index is 792. The fraction of sp³-hybridized carbons (Fsp3) is 0.400. The van der Waals surface area contributed by atoms with E-state index in [-0.39, 0.29) is 12.8 Å². The Morgan fingerprint density at radius 3 is 2.50 bits per heavy atom. The molecule has 0 saturated heterocycles. The number of ether oxygens (including phenoxy) is 5. The van der Waals surface area contributed by atoms with Gasteiger partial charge in [-0.2, -0.15) is 0 Å². The van der Waals surface area contributed by atoms with Crippen molar-refractivity contribution in [2.75, 3.05) is 27.1 Å². The van der Waals surface area contributed by atoms with Crippen molar-refractivity contribution in [3.8, 4) is 28.7 Å². The van der Waals surface area contributed by atoms with E-state index in [1.807, 2.05) is 18.2 Å². The van der Waals surface area contributed by atoms with Gasteiger partial charge in [-0.3, -0.25) is 0 Å². The van der Waals surface area contributed by atoms with Gasteiger partial charge in [-0.25, -0.2) is 0 Å². The summed E-state index contributed by atoms with van der Waals surface area (Å²) in [6.45, 7) is 4.33. The lowest BCUT2D eigenvalue weighted by atomic mass is 10.1. The SMILES string of the molecule is COc1cc2c(cc1CNC(C)Cc1ccc3c(c1)OCCO3)OCO2. The minimum atomic E-state index is 0.260. The second kappa shape index (κ2) is 7.33. The van der Waals surface area contributed by atoms with Crippen LogP contribution in [0.1, 0.15) is 18.1 Å². The van der Waals surface area contributed by atoms with Gasteiger partial charge in [0.15, 0.2) is 23.0 Å². The molecule has 26 heavy (non-hydrogen) atoms. The Hall–Kier alpha value is -2.60. The number of hydrogen-bond donors (Lipinski definition) is 1. The number of benzene rings is 2. The number of hydrogen-bond acceptors (Lipinski definition) is 6. The van der Waals surface area contributed by atoms with E-state index in [2.05, 4.69) is 24.4 Å². The summed E-state index contributed by atoms with van der Waals surface area (Å²) in [6, 6.07) is 10.3. The molecule has 1 unspecified atom stereocenters. The lowest BCUT2D eigenvalue weighted by Gasteiger charge is -2.20. The van der Waals surface area contributed by atoms with E-state index in [1.165, 1.54) is 5.56 Å². The molecule has 0 fully saturated rings. The number of fused-ring (bicyclic) bond motifs is 2. The Morgan fingerprint density at radius 1 is 0.962 bits per heavy atom. The van der Waals surface area contributed by atoms with Gasteiger partial charge in [0.2, 0.25) is 6.79 Å². The standard InChI is InChI=1S/C20H23NO5/c1-13(7-14-3-4-16-18(8-14)24-6-5-23-16)21-11-15-9-19-20(26-12-25-19)10-17(15)22-2/h3-4,8-10,13,21H,5-7,11-12H2,1-2H3. The molecule has 1 atom stereocenters. The van der Waals surface area contributed by atoms with Crippen molar-refractivity contribution in [2.45, 2.75) is 25.9 Å². The normalized spacial score (nSPS) is 15.6. The summed E-state index contributed by atoms with van der Waals surface area (Å²) >= 11 is 0. The minimum Gasteiger partial charge on any atom is -0.496 e. The number of rotatable bonds is 6. The largest absolute Gasteiger partial charge is 0.496 e. The highest BCUT2D eigenvalue weighted by Crippen LogP contribution is 2.38. The summed E-state index contributed by atoms with van der Waals surface area (Å²) in [5, 5.41) is 3.54. The molecule has 138 valence electrons. The Balaban J connectivity index is 1.39. The van der Waals surface area contributed by atoms with E-state index < -0.39 is 0 Å². The number of nitrogens with one attached hydrogen (secondary N) is 1. The maximum Gasteiger partial charge on any atom is 0.231 e. The van der Waals surface area contributed by atoms with Crippen LogP contribution in [0.4, 0.5) is 0 Å². The molecule has 6 heteroatoms. The minimum absolute atomic E-state index is 0.260. The summed E-state index contributed by atoms with van der Waals surface area (Å²) in [5.41, 5.74) is 2.26. The zero-order valence-electron chi connectivity index (χ0n) is 15.0. The predicted octanol–water partition coefficient (Wildman–Crippen LogP) is 2.92. The van der Waals surface area contributed by atoms with Gasteiger partial charge in [0.05, 0.1) is 7.11 Å². The van der Waals surface area contributed by atoms with Gasteiger partial charge < -0.3 is 29.0 Å². The van der Waals surface area contributed by atoms with Crippen molar-refractivity contribution < 1.29 is 23.7 Å². The lowest BCUT2D eigenvalue weighted by Crippen LogP contribution is -2.27. The maximum atomic E-state index is 5.66. The first-order chi connectivity index (χ1) is 12.7. The van der Waals surface area contributed by atoms with Crippen LogP contribution in [0.3, 0.4) is 0 Å². The van der Waals surface area contributed by atoms with Crippen LogP contribution in [-0.4, -0.2) is 33.2 Å². The zero-order valence-corrected chi connectivity index (χ0v) is 15.0. The van der Waals surface area contributed by atoms with Crippen LogP contribution in [-0.2, 0) is 13.0 Å². The van der Waals surface area contributed by atoms with Gasteiger partial charge >= 0.3 is 0 Å². The van der Waals surface area contributed by atoms with Gasteiger partial charge in [0.25, 0.3) is 0 Å². The van der Waals surface area contributed by atoms with E-state index in [9.17, 15) is 0 Å². The lowest BCUT2D eigenvalue weighted by molar-refractivity contribution is 0.171. The molecule has 2 aromatic carbocycles. The first-order valence-electron chi connectivity index (χ1n) is 8.81. The van der Waals surface area contributed by atoms with E-state index in [0.29, 0.717) is 19.8 Å². The van der Waals surface area contributed by atoms with Crippen LogP contribution in [0.5, 0.6) is 28.7 Å². The maximum absolute atomic E-state index is 5.66. The Kier molecular flexibility index (Phi) is 4.75. The van der Waals surface area contributed by atoms with Gasteiger partial charge in [-0.15, -0.1) is 0 Å². The van der Waals surface area contributed by atoms with Crippen LogP contribution in [0.2, 0.25) is 0 Å². The molecule has 0 bridgehead atoms. The Morgan fingerprint density at radius 2 is 1.69 bits per heavy atom. The van der Waals surface area contributed by atoms with Crippen LogP contribution in [0, 0.1) is 0 Å². The van der Waals surface area contributed by atoms with E-state index in [4.69, 9.17) is 23.7 Å². The molecule has 2 aliphatic rings. The molecule has 0 saturated carbocycles. The van der Waals surface area contributed by atoms with Crippen molar-refractivity contribution in [1.82, 2.24) is 5.32 Å². The molecule has 0 radical (unpaired) electrons. The quantitative estimate of drug-likeness (QED) is 0.858. The molecule has 0 amide bonds. The average Bonchev–Trinajstić information content (AvgIpc) is 3.12. The molecule has 4 rings (SSSR count). The second-order valence-electron chi connectivity index (χ2n) is 6.48. The smallest absolute Gasteiger partial charge is 0.231 e. The topological polar surface area (TPSA) is 58.2 Å². The third-order valence-corrected chi connectivity index (χ3v) is 4.57. The van der Waals surface area contributed by atoms with E-state index >= 15 is 0 Å². The molecule has 2 aliphatic heterocycles. The van der Waals surface area contributed by atoms with Crippen molar-refractivity contribution >= 4 is 0 Å². The fourth-order valence-corrected chi connectivity index (χ4v) is 3.22.